The summed E-state index contributed by atoms with van der Waals surface area (Å²) in [7, 11) is 0. The van der Waals surface area contributed by atoms with Crippen molar-refractivity contribution in [2.24, 2.45) is 5.92 Å². The van der Waals surface area contributed by atoms with E-state index in [2.05, 4.69) is 19.2 Å². The molecule has 1 saturated heterocycles. The molecule has 2 unspecified atom stereocenters. The van der Waals surface area contributed by atoms with E-state index in [9.17, 15) is 13.2 Å². The number of rotatable bonds is 4. The van der Waals surface area contributed by atoms with Crippen molar-refractivity contribution in [3.05, 3.63) is 0 Å². The molecule has 1 fully saturated rings. The van der Waals surface area contributed by atoms with E-state index in [-0.39, 0.29) is 12.6 Å². The first-order valence-electron chi connectivity index (χ1n) is 6.82. The number of halogens is 3. The quantitative estimate of drug-likeness (QED) is 0.841. The Hall–Kier alpha value is -0.290. The number of nitrogens with one attached hydrogen (secondary N) is 1. The van der Waals surface area contributed by atoms with Crippen LogP contribution in [0.5, 0.6) is 0 Å². The lowest BCUT2D eigenvalue weighted by atomic mass is 10.0. The molecule has 1 aliphatic heterocycles. The van der Waals surface area contributed by atoms with Crippen LogP contribution in [0, 0.1) is 5.92 Å². The minimum Gasteiger partial charge on any atom is -0.313 e. The molecule has 1 heterocycles. The van der Waals surface area contributed by atoms with Crippen LogP contribution in [-0.4, -0.2) is 42.8 Å². The summed E-state index contributed by atoms with van der Waals surface area (Å²) in [5, 5.41) is 3.45. The second-order valence-electron chi connectivity index (χ2n) is 5.78. The molecule has 0 aliphatic carbocycles. The first kappa shape index (κ1) is 15.8. The molecule has 0 aromatic heterocycles. The minimum atomic E-state index is -4.05. The monoisotopic (exact) mass is 266 g/mol. The van der Waals surface area contributed by atoms with Crippen LogP contribution in [-0.2, 0) is 0 Å². The third-order valence-electron chi connectivity index (χ3n) is 3.51. The van der Waals surface area contributed by atoms with Crippen LogP contribution >= 0.6 is 0 Å². The van der Waals surface area contributed by atoms with Gasteiger partial charge < -0.3 is 5.32 Å². The molecule has 0 spiro atoms. The lowest BCUT2D eigenvalue weighted by molar-refractivity contribution is -0.139. The maximum Gasteiger partial charge on any atom is 0.390 e. The summed E-state index contributed by atoms with van der Waals surface area (Å²) >= 11 is 0. The highest BCUT2D eigenvalue weighted by molar-refractivity contribution is 4.82. The van der Waals surface area contributed by atoms with Gasteiger partial charge in [0.15, 0.2) is 0 Å². The smallest absolute Gasteiger partial charge is 0.313 e. The van der Waals surface area contributed by atoms with E-state index in [0.29, 0.717) is 12.0 Å². The fourth-order valence-corrected chi connectivity index (χ4v) is 2.52. The minimum absolute atomic E-state index is 0.126. The van der Waals surface area contributed by atoms with Gasteiger partial charge in [0.2, 0.25) is 0 Å². The molecule has 1 N–H and O–H groups in total. The molecule has 2 atom stereocenters. The first-order chi connectivity index (χ1) is 8.28. The van der Waals surface area contributed by atoms with Crippen molar-refractivity contribution in [2.75, 3.05) is 19.6 Å². The van der Waals surface area contributed by atoms with Crippen LogP contribution in [0.15, 0.2) is 0 Å². The molecule has 18 heavy (non-hydrogen) atoms. The summed E-state index contributed by atoms with van der Waals surface area (Å²) in [5.41, 5.74) is 0. The largest absolute Gasteiger partial charge is 0.390 e. The summed E-state index contributed by atoms with van der Waals surface area (Å²) in [6.07, 6.45) is -2.81. The van der Waals surface area contributed by atoms with Gasteiger partial charge in [-0.25, -0.2) is 0 Å². The molecule has 2 nitrogen and oxygen atoms in total. The van der Waals surface area contributed by atoms with Crippen molar-refractivity contribution in [1.82, 2.24) is 10.2 Å². The van der Waals surface area contributed by atoms with Gasteiger partial charge >= 0.3 is 6.18 Å². The van der Waals surface area contributed by atoms with Gasteiger partial charge in [0.1, 0.15) is 0 Å². The van der Waals surface area contributed by atoms with E-state index >= 15 is 0 Å². The summed E-state index contributed by atoms with van der Waals surface area (Å²) < 4.78 is 36.9. The van der Waals surface area contributed by atoms with Crippen LogP contribution in [0.2, 0.25) is 0 Å². The predicted molar refractivity (Wildman–Crippen MR) is 67.6 cm³/mol. The summed E-state index contributed by atoms with van der Waals surface area (Å²) in [6.45, 7) is 8.08. The Balaban J connectivity index is 2.51. The van der Waals surface area contributed by atoms with E-state index < -0.39 is 12.6 Å². The second kappa shape index (κ2) is 6.75. The number of nitrogens with zero attached hydrogens (tertiary/aromatic N) is 1. The first-order valence-corrected chi connectivity index (χ1v) is 6.82. The molecule has 1 aliphatic rings. The maximum absolute atomic E-state index is 12.3. The van der Waals surface area contributed by atoms with Gasteiger partial charge in [0, 0.05) is 25.2 Å². The maximum atomic E-state index is 12.3. The topological polar surface area (TPSA) is 15.3 Å². The van der Waals surface area contributed by atoms with E-state index in [4.69, 9.17) is 0 Å². The molecule has 5 heteroatoms. The standard InChI is InChI=1S/C13H25F3N2/c1-10(2)8-12-9-18(7-5-13(14,15)16)11(3)4-6-17-12/h10-12,17H,4-9H2,1-3H3. The van der Waals surface area contributed by atoms with Crippen LogP contribution in [0.1, 0.15) is 40.0 Å². The highest BCUT2D eigenvalue weighted by atomic mass is 19.4. The number of alkyl halides is 3. The normalized spacial score (nSPS) is 27.5. The van der Waals surface area contributed by atoms with Crippen LogP contribution in [0.4, 0.5) is 13.2 Å². The molecule has 0 saturated carbocycles. The number of hydrogen-bond acceptors (Lipinski definition) is 2. The van der Waals surface area contributed by atoms with Gasteiger partial charge in [0.05, 0.1) is 6.42 Å². The van der Waals surface area contributed by atoms with Crippen LogP contribution in [0.25, 0.3) is 0 Å². The van der Waals surface area contributed by atoms with Crippen molar-refractivity contribution in [3.63, 3.8) is 0 Å². The molecule has 0 amide bonds. The van der Waals surface area contributed by atoms with E-state index in [1.165, 1.54) is 0 Å². The summed E-state index contributed by atoms with van der Waals surface area (Å²) in [4.78, 5) is 1.99. The Labute approximate surface area is 108 Å². The fraction of sp³-hybridized carbons (Fsp3) is 1.00. The Kier molecular flexibility index (Phi) is 5.92. The van der Waals surface area contributed by atoms with Crippen molar-refractivity contribution in [2.45, 2.75) is 58.3 Å². The van der Waals surface area contributed by atoms with Gasteiger partial charge in [-0.2, -0.15) is 13.2 Å². The zero-order valence-corrected chi connectivity index (χ0v) is 11.6. The second-order valence-corrected chi connectivity index (χ2v) is 5.78. The zero-order chi connectivity index (χ0) is 13.8. The van der Waals surface area contributed by atoms with Gasteiger partial charge in [0.25, 0.3) is 0 Å². The van der Waals surface area contributed by atoms with Crippen molar-refractivity contribution < 1.29 is 13.2 Å². The molecule has 0 aromatic rings. The van der Waals surface area contributed by atoms with Crippen LogP contribution < -0.4 is 5.32 Å². The number of hydrogen-bond donors (Lipinski definition) is 1. The highest BCUT2D eigenvalue weighted by Crippen LogP contribution is 2.22. The SMILES string of the molecule is CC(C)CC1CN(CCC(F)(F)F)C(C)CCN1. The van der Waals surface area contributed by atoms with Crippen molar-refractivity contribution in [1.29, 1.82) is 0 Å². The van der Waals surface area contributed by atoms with E-state index in [0.717, 1.165) is 25.9 Å². The third-order valence-corrected chi connectivity index (χ3v) is 3.51. The Bertz CT molecular complexity index is 241. The van der Waals surface area contributed by atoms with Gasteiger partial charge in [-0.05, 0) is 32.2 Å². The molecular formula is C13H25F3N2. The Morgan fingerprint density at radius 1 is 1.33 bits per heavy atom. The van der Waals surface area contributed by atoms with Gasteiger partial charge in [-0.1, -0.05) is 13.8 Å². The van der Waals surface area contributed by atoms with E-state index in [1.54, 1.807) is 0 Å². The third kappa shape index (κ3) is 6.05. The lowest BCUT2D eigenvalue weighted by Crippen LogP contribution is -2.42. The fourth-order valence-electron chi connectivity index (χ4n) is 2.52. The predicted octanol–water partition coefficient (Wildman–Crippen LogP) is 3.04. The summed E-state index contributed by atoms with van der Waals surface area (Å²) in [5.74, 6) is 0.570. The van der Waals surface area contributed by atoms with E-state index in [1.807, 2.05) is 11.8 Å². The molecule has 108 valence electrons. The molecule has 1 rings (SSSR count). The average Bonchev–Trinajstić information content (AvgIpc) is 2.36. The molecule has 0 radical (unpaired) electrons. The van der Waals surface area contributed by atoms with Crippen molar-refractivity contribution >= 4 is 0 Å². The molecular weight excluding hydrogens is 241 g/mol. The Morgan fingerprint density at radius 2 is 2.00 bits per heavy atom. The Morgan fingerprint density at radius 3 is 2.56 bits per heavy atom. The zero-order valence-electron chi connectivity index (χ0n) is 11.6. The van der Waals surface area contributed by atoms with Crippen LogP contribution in [0.3, 0.4) is 0 Å². The molecule has 0 aromatic carbocycles. The van der Waals surface area contributed by atoms with Gasteiger partial charge in [-0.15, -0.1) is 0 Å². The highest BCUT2D eigenvalue weighted by Gasteiger charge is 2.30. The lowest BCUT2D eigenvalue weighted by Gasteiger charge is -2.30. The summed E-state index contributed by atoms with van der Waals surface area (Å²) in [6, 6.07) is 0.556. The average molecular weight is 266 g/mol. The van der Waals surface area contributed by atoms with Crippen molar-refractivity contribution in [3.8, 4) is 0 Å². The molecule has 0 bridgehead atoms. The van der Waals surface area contributed by atoms with Gasteiger partial charge in [-0.3, -0.25) is 4.90 Å².